The summed E-state index contributed by atoms with van der Waals surface area (Å²) in [5.74, 6) is 0.800. The molecule has 1 amide bonds. The first-order valence-electron chi connectivity index (χ1n) is 6.03. The number of carbonyl (C=O) groups excluding carboxylic acids is 1. The SMILES string of the molecule is CC(C)(NCc1cc(Cl)c2c(c1)OCCO2)C(N)=O. The smallest absolute Gasteiger partial charge is 0.237 e. The van der Waals surface area contributed by atoms with E-state index >= 15 is 0 Å². The first-order chi connectivity index (χ1) is 8.90. The van der Waals surface area contributed by atoms with Gasteiger partial charge in [-0.15, -0.1) is 0 Å². The number of carbonyl (C=O) groups is 1. The standard InChI is InChI=1S/C13H17ClN2O3/c1-13(2,12(15)17)16-7-8-5-9(14)11-10(6-8)18-3-4-19-11/h5-6,16H,3-4,7H2,1-2H3,(H2,15,17). The van der Waals surface area contributed by atoms with Gasteiger partial charge in [0.1, 0.15) is 13.2 Å². The molecule has 1 aliphatic heterocycles. The molecule has 0 aliphatic carbocycles. The van der Waals surface area contributed by atoms with Crippen molar-refractivity contribution in [1.29, 1.82) is 0 Å². The molecule has 1 heterocycles. The van der Waals surface area contributed by atoms with E-state index in [9.17, 15) is 4.79 Å². The van der Waals surface area contributed by atoms with Crippen molar-refractivity contribution >= 4 is 17.5 Å². The van der Waals surface area contributed by atoms with Crippen molar-refractivity contribution in [3.8, 4) is 11.5 Å². The van der Waals surface area contributed by atoms with Crippen molar-refractivity contribution in [2.24, 2.45) is 5.73 Å². The van der Waals surface area contributed by atoms with Crippen molar-refractivity contribution in [2.75, 3.05) is 13.2 Å². The minimum Gasteiger partial charge on any atom is -0.486 e. The van der Waals surface area contributed by atoms with Crippen LogP contribution in [-0.4, -0.2) is 24.7 Å². The van der Waals surface area contributed by atoms with Crippen molar-refractivity contribution in [2.45, 2.75) is 25.9 Å². The molecule has 6 heteroatoms. The molecule has 104 valence electrons. The summed E-state index contributed by atoms with van der Waals surface area (Å²) in [6.45, 7) is 4.93. The van der Waals surface area contributed by atoms with E-state index in [1.165, 1.54) is 0 Å². The summed E-state index contributed by atoms with van der Waals surface area (Å²) in [6, 6.07) is 3.64. The Morgan fingerprint density at radius 3 is 2.79 bits per heavy atom. The lowest BCUT2D eigenvalue weighted by molar-refractivity contribution is -0.123. The number of ether oxygens (including phenoxy) is 2. The zero-order valence-electron chi connectivity index (χ0n) is 11.0. The molecular weight excluding hydrogens is 268 g/mol. The minimum atomic E-state index is -0.778. The molecule has 1 aliphatic rings. The molecule has 0 radical (unpaired) electrons. The Morgan fingerprint density at radius 1 is 1.42 bits per heavy atom. The molecule has 0 atom stereocenters. The van der Waals surface area contributed by atoms with Crippen LogP contribution in [0.4, 0.5) is 0 Å². The molecule has 1 aromatic rings. The number of fused-ring (bicyclic) bond motifs is 1. The maximum atomic E-state index is 11.2. The maximum Gasteiger partial charge on any atom is 0.237 e. The van der Waals surface area contributed by atoms with Crippen molar-refractivity contribution < 1.29 is 14.3 Å². The fraction of sp³-hybridized carbons (Fsp3) is 0.462. The Morgan fingerprint density at radius 2 is 2.11 bits per heavy atom. The first-order valence-corrected chi connectivity index (χ1v) is 6.41. The zero-order chi connectivity index (χ0) is 14.0. The van der Waals surface area contributed by atoms with Gasteiger partial charge in [-0.2, -0.15) is 0 Å². The molecule has 0 aromatic heterocycles. The van der Waals surface area contributed by atoms with E-state index in [1.807, 2.05) is 6.07 Å². The molecule has 0 unspecified atom stereocenters. The van der Waals surface area contributed by atoms with Gasteiger partial charge in [-0.05, 0) is 31.5 Å². The summed E-state index contributed by atoms with van der Waals surface area (Å²) >= 11 is 6.14. The lowest BCUT2D eigenvalue weighted by Crippen LogP contribution is -2.50. The number of nitrogens with one attached hydrogen (secondary N) is 1. The highest BCUT2D eigenvalue weighted by molar-refractivity contribution is 6.32. The Labute approximate surface area is 117 Å². The van der Waals surface area contributed by atoms with E-state index in [2.05, 4.69) is 5.32 Å². The van der Waals surface area contributed by atoms with Gasteiger partial charge >= 0.3 is 0 Å². The Hall–Kier alpha value is -1.46. The molecule has 0 saturated heterocycles. The molecule has 2 rings (SSSR count). The Bertz CT molecular complexity index is 503. The number of benzene rings is 1. The van der Waals surface area contributed by atoms with Gasteiger partial charge in [0.25, 0.3) is 0 Å². The number of rotatable bonds is 4. The summed E-state index contributed by atoms with van der Waals surface area (Å²) in [5.41, 5.74) is 5.43. The highest BCUT2D eigenvalue weighted by Crippen LogP contribution is 2.38. The normalized spacial score (nSPS) is 14.3. The van der Waals surface area contributed by atoms with Crippen LogP contribution in [0.15, 0.2) is 12.1 Å². The van der Waals surface area contributed by atoms with Crippen LogP contribution in [0.25, 0.3) is 0 Å². The molecule has 0 spiro atoms. The highest BCUT2D eigenvalue weighted by atomic mass is 35.5. The number of hydrogen-bond donors (Lipinski definition) is 2. The number of amides is 1. The number of primary amides is 1. The average molecular weight is 285 g/mol. The quantitative estimate of drug-likeness (QED) is 0.878. The lowest BCUT2D eigenvalue weighted by atomic mass is 10.0. The molecule has 0 bridgehead atoms. The first kappa shape index (κ1) is 14.0. The fourth-order valence-corrected chi connectivity index (χ4v) is 1.96. The van der Waals surface area contributed by atoms with Crippen molar-refractivity contribution in [3.63, 3.8) is 0 Å². The van der Waals surface area contributed by atoms with Crippen molar-refractivity contribution in [3.05, 3.63) is 22.7 Å². The van der Waals surface area contributed by atoms with E-state index in [0.717, 1.165) is 5.56 Å². The second-order valence-electron chi connectivity index (χ2n) is 4.94. The third-order valence-corrected chi connectivity index (χ3v) is 3.29. The highest BCUT2D eigenvalue weighted by Gasteiger charge is 2.24. The molecule has 0 fully saturated rings. The molecule has 3 N–H and O–H groups in total. The van der Waals surface area contributed by atoms with Gasteiger partial charge in [0.2, 0.25) is 5.91 Å². The van der Waals surface area contributed by atoms with Crippen LogP contribution in [0, 0.1) is 0 Å². The second-order valence-corrected chi connectivity index (χ2v) is 5.35. The summed E-state index contributed by atoms with van der Waals surface area (Å²) in [4.78, 5) is 11.2. The summed E-state index contributed by atoms with van der Waals surface area (Å²) in [7, 11) is 0. The summed E-state index contributed by atoms with van der Waals surface area (Å²) < 4.78 is 10.9. The number of halogens is 1. The van der Waals surface area contributed by atoms with Crippen molar-refractivity contribution in [1.82, 2.24) is 5.32 Å². The molecule has 5 nitrogen and oxygen atoms in total. The van der Waals surface area contributed by atoms with Crippen LogP contribution in [-0.2, 0) is 11.3 Å². The molecular formula is C13H17ClN2O3. The van der Waals surface area contributed by atoms with Gasteiger partial charge in [0, 0.05) is 6.54 Å². The molecule has 0 saturated carbocycles. The van der Waals surface area contributed by atoms with Gasteiger partial charge in [0.15, 0.2) is 11.5 Å². The minimum absolute atomic E-state index is 0.406. The van der Waals surface area contributed by atoms with Gasteiger partial charge < -0.3 is 15.2 Å². The van der Waals surface area contributed by atoms with Crippen LogP contribution in [0.3, 0.4) is 0 Å². The average Bonchev–Trinajstić information content (AvgIpc) is 2.36. The third kappa shape index (κ3) is 3.11. The van der Waals surface area contributed by atoms with Gasteiger partial charge in [-0.3, -0.25) is 10.1 Å². The number of nitrogens with two attached hydrogens (primary N) is 1. The Kier molecular flexibility index (Phi) is 3.87. The summed E-state index contributed by atoms with van der Waals surface area (Å²) in [6.07, 6.45) is 0. The molecule has 1 aromatic carbocycles. The topological polar surface area (TPSA) is 73.6 Å². The predicted molar refractivity (Wildman–Crippen MR) is 72.6 cm³/mol. The second kappa shape index (κ2) is 5.27. The Balaban J connectivity index is 2.14. The van der Waals surface area contributed by atoms with E-state index in [4.69, 9.17) is 26.8 Å². The van der Waals surface area contributed by atoms with Gasteiger partial charge in [0.05, 0.1) is 10.6 Å². The maximum absolute atomic E-state index is 11.2. The predicted octanol–water partition coefficient (Wildman–Crippen LogP) is 1.46. The van der Waals surface area contributed by atoms with E-state index in [0.29, 0.717) is 36.3 Å². The van der Waals surface area contributed by atoms with E-state index in [1.54, 1.807) is 19.9 Å². The monoisotopic (exact) mass is 284 g/mol. The summed E-state index contributed by atoms with van der Waals surface area (Å²) in [5, 5.41) is 3.58. The lowest BCUT2D eigenvalue weighted by Gasteiger charge is -2.24. The van der Waals surface area contributed by atoms with Crippen LogP contribution in [0.1, 0.15) is 19.4 Å². The van der Waals surface area contributed by atoms with E-state index in [-0.39, 0.29) is 0 Å². The number of hydrogen-bond acceptors (Lipinski definition) is 4. The van der Waals surface area contributed by atoms with Gasteiger partial charge in [-0.25, -0.2) is 0 Å². The van der Waals surface area contributed by atoms with Crippen LogP contribution in [0.5, 0.6) is 11.5 Å². The largest absolute Gasteiger partial charge is 0.486 e. The van der Waals surface area contributed by atoms with Crippen LogP contribution in [0.2, 0.25) is 5.02 Å². The fourth-order valence-electron chi connectivity index (χ4n) is 1.68. The molecule has 19 heavy (non-hydrogen) atoms. The van der Waals surface area contributed by atoms with Crippen LogP contribution < -0.4 is 20.5 Å². The van der Waals surface area contributed by atoms with Crippen LogP contribution >= 0.6 is 11.6 Å². The van der Waals surface area contributed by atoms with Gasteiger partial charge in [-0.1, -0.05) is 11.6 Å². The zero-order valence-corrected chi connectivity index (χ0v) is 11.7. The van der Waals surface area contributed by atoms with E-state index < -0.39 is 11.4 Å². The third-order valence-electron chi connectivity index (χ3n) is 3.01.